The number of halogens is 3. The van der Waals surface area contributed by atoms with E-state index in [9.17, 15) is 17.4 Å². The molecule has 176 valence electrons. The summed E-state index contributed by atoms with van der Waals surface area (Å²) in [4.78, 5) is 10.6. The van der Waals surface area contributed by atoms with E-state index in [1.54, 1.807) is 30.5 Å². The summed E-state index contributed by atoms with van der Waals surface area (Å²) < 4.78 is 57.4. The molecule has 7 nitrogen and oxygen atoms in total. The molecule has 2 N–H and O–H groups in total. The lowest BCUT2D eigenvalue weighted by Gasteiger charge is -2.28. The number of nitrogens with one attached hydrogen (secondary N) is 2. The molecule has 1 aliphatic rings. The number of benzene rings is 1. The third kappa shape index (κ3) is 5.69. The van der Waals surface area contributed by atoms with Gasteiger partial charge in [0.15, 0.2) is 0 Å². The molecular formula is C21H29F3N6OS. The fourth-order valence-corrected chi connectivity index (χ4v) is 5.19. The van der Waals surface area contributed by atoms with Crippen molar-refractivity contribution in [1.29, 1.82) is 0 Å². The van der Waals surface area contributed by atoms with Gasteiger partial charge in [-0.2, -0.15) is 18.2 Å². The maximum absolute atomic E-state index is 13.6. The summed E-state index contributed by atoms with van der Waals surface area (Å²) in [5.41, 5.74) is -0.326. The molecule has 1 heterocycles. The molecule has 1 aliphatic carbocycles. The van der Waals surface area contributed by atoms with E-state index < -0.39 is 21.5 Å². The molecule has 0 unspecified atom stereocenters. The maximum atomic E-state index is 13.6. The first kappa shape index (κ1) is 24.2. The van der Waals surface area contributed by atoms with Gasteiger partial charge in [-0.1, -0.05) is 0 Å². The van der Waals surface area contributed by atoms with E-state index >= 15 is 0 Å². The standard InChI is InChI=1S/C21H29F3N6OS/c1-5-26-32(4,31)15-11-9-14(10-12-15)27-20-25-13-16(21(22,23)24)19(29-20)28-17-7-6-8-18(17)30(2)3/h9-13,17-18H,5-8H2,1-4H3,(H2,25,27,28,29)/t17-,18-,32-/m1/s1. The molecule has 1 aromatic heterocycles. The van der Waals surface area contributed by atoms with Gasteiger partial charge in [0, 0.05) is 41.7 Å². The second-order valence-electron chi connectivity index (χ2n) is 8.06. The summed E-state index contributed by atoms with van der Waals surface area (Å²) in [6.07, 6.45) is 0.422. The summed E-state index contributed by atoms with van der Waals surface area (Å²) in [5.74, 6) is -0.188. The van der Waals surface area contributed by atoms with Crippen molar-refractivity contribution in [3.8, 4) is 0 Å². The van der Waals surface area contributed by atoms with Gasteiger partial charge in [-0.05, 0) is 64.5 Å². The number of anilines is 3. The van der Waals surface area contributed by atoms with Gasteiger partial charge in [0.1, 0.15) is 11.4 Å². The lowest BCUT2D eigenvalue weighted by Crippen LogP contribution is -2.39. The van der Waals surface area contributed by atoms with Gasteiger partial charge in [-0.25, -0.2) is 13.6 Å². The van der Waals surface area contributed by atoms with Gasteiger partial charge in [0.25, 0.3) is 0 Å². The quantitative estimate of drug-likeness (QED) is 0.615. The zero-order valence-electron chi connectivity index (χ0n) is 18.6. The molecule has 32 heavy (non-hydrogen) atoms. The number of aromatic nitrogens is 2. The minimum absolute atomic E-state index is 0.0446. The van der Waals surface area contributed by atoms with Crippen molar-refractivity contribution in [3.63, 3.8) is 0 Å². The van der Waals surface area contributed by atoms with Gasteiger partial charge in [-0.15, -0.1) is 0 Å². The van der Waals surface area contributed by atoms with E-state index in [4.69, 9.17) is 0 Å². The first-order chi connectivity index (χ1) is 15.0. The summed E-state index contributed by atoms with van der Waals surface area (Å²) in [6, 6.07) is 6.70. The molecule has 3 rings (SSSR count). The van der Waals surface area contributed by atoms with E-state index in [0.717, 1.165) is 25.5 Å². The molecule has 1 saturated carbocycles. The number of likely N-dealkylation sites (N-methyl/N-ethyl adjacent to an activating group) is 1. The summed E-state index contributed by atoms with van der Waals surface area (Å²) in [5, 5.41) is 5.94. The lowest BCUT2D eigenvalue weighted by molar-refractivity contribution is -0.137. The van der Waals surface area contributed by atoms with Gasteiger partial charge in [0.2, 0.25) is 5.95 Å². The normalized spacial score (nSPS) is 20.8. The smallest absolute Gasteiger partial charge is 0.365 e. The molecule has 0 radical (unpaired) electrons. The lowest BCUT2D eigenvalue weighted by atomic mass is 10.1. The zero-order valence-corrected chi connectivity index (χ0v) is 19.4. The van der Waals surface area contributed by atoms with E-state index in [0.29, 0.717) is 17.1 Å². The van der Waals surface area contributed by atoms with Crippen molar-refractivity contribution in [1.82, 2.24) is 14.9 Å². The molecule has 1 fully saturated rings. The largest absolute Gasteiger partial charge is 0.421 e. The van der Waals surface area contributed by atoms with Crippen LogP contribution in [0.3, 0.4) is 0 Å². The van der Waals surface area contributed by atoms with Crippen LogP contribution in [0.15, 0.2) is 39.7 Å². The molecular weight excluding hydrogens is 441 g/mol. The van der Waals surface area contributed by atoms with Gasteiger partial charge in [-0.3, -0.25) is 0 Å². The zero-order chi connectivity index (χ0) is 23.5. The van der Waals surface area contributed by atoms with Crippen LogP contribution in [0.25, 0.3) is 0 Å². The van der Waals surface area contributed by atoms with Crippen LogP contribution < -0.4 is 10.6 Å². The minimum atomic E-state index is -4.57. The maximum Gasteiger partial charge on any atom is 0.421 e. The first-order valence-corrected chi connectivity index (χ1v) is 12.4. The van der Waals surface area contributed by atoms with Crippen LogP contribution in [0.5, 0.6) is 0 Å². The molecule has 1 aromatic carbocycles. The highest BCUT2D eigenvalue weighted by atomic mass is 32.2. The Labute approximate surface area is 187 Å². The summed E-state index contributed by atoms with van der Waals surface area (Å²) in [7, 11) is 1.37. The Bertz CT molecular complexity index is 1050. The predicted molar refractivity (Wildman–Crippen MR) is 121 cm³/mol. The Morgan fingerprint density at radius 1 is 1.22 bits per heavy atom. The van der Waals surface area contributed by atoms with Gasteiger partial charge in [0.05, 0.1) is 9.73 Å². The SMILES string of the molecule is CCN=[S@](C)(=O)c1ccc(Nc2ncc(C(F)(F)F)c(N[C@@H]3CCC[C@H]3N(C)C)n2)cc1. The van der Waals surface area contributed by atoms with E-state index in [-0.39, 0.29) is 23.8 Å². The van der Waals surface area contributed by atoms with Gasteiger partial charge >= 0.3 is 6.18 Å². The number of rotatable bonds is 7. The summed E-state index contributed by atoms with van der Waals surface area (Å²) in [6.45, 7) is 2.26. The van der Waals surface area contributed by atoms with E-state index in [1.165, 1.54) is 0 Å². The topological polar surface area (TPSA) is 82.5 Å². The Kier molecular flexibility index (Phi) is 7.29. The molecule has 2 aromatic rings. The minimum Gasteiger partial charge on any atom is -0.365 e. The van der Waals surface area contributed by atoms with Crippen molar-refractivity contribution in [2.75, 3.05) is 37.5 Å². The fraction of sp³-hybridized carbons (Fsp3) is 0.524. The third-order valence-corrected chi connectivity index (χ3v) is 7.38. The highest BCUT2D eigenvalue weighted by Gasteiger charge is 2.37. The highest BCUT2D eigenvalue weighted by molar-refractivity contribution is 7.93. The monoisotopic (exact) mass is 470 g/mol. The molecule has 0 bridgehead atoms. The van der Waals surface area contributed by atoms with Crippen LogP contribution >= 0.6 is 0 Å². The van der Waals surface area contributed by atoms with Crippen LogP contribution in [0.1, 0.15) is 31.7 Å². The number of nitrogens with zero attached hydrogens (tertiary/aromatic N) is 4. The highest BCUT2D eigenvalue weighted by Crippen LogP contribution is 2.36. The first-order valence-electron chi connectivity index (χ1n) is 10.4. The molecule has 0 saturated heterocycles. The molecule has 11 heteroatoms. The Morgan fingerprint density at radius 3 is 2.50 bits per heavy atom. The van der Waals surface area contributed by atoms with Crippen molar-refractivity contribution in [2.45, 2.75) is 49.3 Å². The van der Waals surface area contributed by atoms with Crippen molar-refractivity contribution in [2.24, 2.45) is 4.36 Å². The third-order valence-electron chi connectivity index (χ3n) is 5.48. The fourth-order valence-electron chi connectivity index (χ4n) is 3.90. The summed E-state index contributed by atoms with van der Waals surface area (Å²) >= 11 is 0. The predicted octanol–water partition coefficient (Wildman–Crippen LogP) is 4.61. The van der Waals surface area contributed by atoms with Crippen molar-refractivity contribution < 1.29 is 17.4 Å². The van der Waals surface area contributed by atoms with Crippen LogP contribution in [-0.4, -0.2) is 58.1 Å². The molecule has 0 amide bonds. The Hall–Kier alpha value is -2.40. The van der Waals surface area contributed by atoms with Crippen molar-refractivity contribution >= 4 is 27.2 Å². The molecule has 0 aliphatic heterocycles. The second kappa shape index (κ2) is 9.62. The average molecular weight is 471 g/mol. The van der Waals surface area contributed by atoms with Crippen LogP contribution in [0.4, 0.5) is 30.6 Å². The number of hydrogen-bond donors (Lipinski definition) is 2. The van der Waals surface area contributed by atoms with Crippen molar-refractivity contribution in [3.05, 3.63) is 36.0 Å². The average Bonchev–Trinajstić information content (AvgIpc) is 3.16. The van der Waals surface area contributed by atoms with E-state index in [1.807, 2.05) is 25.9 Å². The van der Waals surface area contributed by atoms with Crippen LogP contribution in [-0.2, 0) is 15.9 Å². The second-order valence-corrected chi connectivity index (χ2v) is 10.4. The Morgan fingerprint density at radius 2 is 1.91 bits per heavy atom. The number of hydrogen-bond acceptors (Lipinski definition) is 7. The Balaban J connectivity index is 1.86. The number of alkyl halides is 3. The van der Waals surface area contributed by atoms with E-state index in [2.05, 4.69) is 25.0 Å². The van der Waals surface area contributed by atoms with Gasteiger partial charge < -0.3 is 15.5 Å². The van der Waals surface area contributed by atoms with Crippen LogP contribution in [0.2, 0.25) is 0 Å². The molecule has 0 spiro atoms. The van der Waals surface area contributed by atoms with Crippen LogP contribution in [0, 0.1) is 0 Å². The molecule has 3 atom stereocenters.